The number of fused-ring (bicyclic) bond motifs is 1. The van der Waals surface area contributed by atoms with Crippen molar-refractivity contribution in [3.8, 4) is 23.0 Å². The van der Waals surface area contributed by atoms with Crippen LogP contribution in [0.15, 0.2) is 60.7 Å². The lowest BCUT2D eigenvalue weighted by Crippen LogP contribution is -2.30. The summed E-state index contributed by atoms with van der Waals surface area (Å²) < 4.78 is 21.7. The molecule has 182 valence electrons. The molecule has 1 aliphatic heterocycles. The summed E-state index contributed by atoms with van der Waals surface area (Å²) in [6, 6.07) is 17.8. The van der Waals surface area contributed by atoms with E-state index in [4.69, 9.17) is 18.9 Å². The molecule has 0 aliphatic carbocycles. The number of hydrogen-bond donors (Lipinski definition) is 2. The quantitative estimate of drug-likeness (QED) is 0.484. The second kappa shape index (κ2) is 10.8. The SMILES string of the molecule is COc1cc(NC(=O)c2ccccc2)c(OC)cc1NC(=O)CN(C)Cc1ccc2c(c1)OCO2. The van der Waals surface area contributed by atoms with Crippen LogP contribution < -0.4 is 29.6 Å². The minimum absolute atomic E-state index is 0.145. The van der Waals surface area contributed by atoms with Crippen LogP contribution in [0.4, 0.5) is 11.4 Å². The van der Waals surface area contributed by atoms with Gasteiger partial charge in [0.15, 0.2) is 11.5 Å². The topological polar surface area (TPSA) is 98.4 Å². The maximum Gasteiger partial charge on any atom is 0.255 e. The summed E-state index contributed by atoms with van der Waals surface area (Å²) in [4.78, 5) is 27.2. The van der Waals surface area contributed by atoms with Gasteiger partial charge >= 0.3 is 0 Å². The van der Waals surface area contributed by atoms with Crippen LogP contribution in [0.2, 0.25) is 0 Å². The van der Waals surface area contributed by atoms with Gasteiger partial charge in [0.05, 0.1) is 32.1 Å². The standard InChI is InChI=1S/C26H27N3O6/c1-29(14-17-9-10-21-24(11-17)35-16-34-21)15-25(30)27-19-12-23(33-3)20(13-22(19)32-2)28-26(31)18-7-5-4-6-8-18/h4-13H,14-16H2,1-3H3,(H,27,30)(H,28,31). The van der Waals surface area contributed by atoms with Crippen LogP contribution in [0.3, 0.4) is 0 Å². The Morgan fingerprint density at radius 3 is 2.23 bits per heavy atom. The molecule has 4 rings (SSSR count). The number of hydrogen-bond acceptors (Lipinski definition) is 7. The van der Waals surface area contributed by atoms with Crippen LogP contribution >= 0.6 is 0 Å². The number of nitrogens with one attached hydrogen (secondary N) is 2. The first kappa shape index (κ1) is 23.9. The fourth-order valence-electron chi connectivity index (χ4n) is 3.72. The van der Waals surface area contributed by atoms with Gasteiger partial charge in [-0.2, -0.15) is 0 Å². The molecule has 0 aromatic heterocycles. The Labute approximate surface area is 203 Å². The summed E-state index contributed by atoms with van der Waals surface area (Å²) in [5.41, 5.74) is 2.37. The van der Waals surface area contributed by atoms with Crippen molar-refractivity contribution < 1.29 is 28.5 Å². The summed E-state index contributed by atoms with van der Waals surface area (Å²) >= 11 is 0. The zero-order valence-electron chi connectivity index (χ0n) is 19.8. The van der Waals surface area contributed by atoms with Crippen LogP contribution in [0.5, 0.6) is 23.0 Å². The number of carbonyl (C=O) groups excluding carboxylic acids is 2. The fourth-order valence-corrected chi connectivity index (χ4v) is 3.72. The molecule has 0 saturated heterocycles. The van der Waals surface area contributed by atoms with Crippen molar-refractivity contribution >= 4 is 23.2 Å². The van der Waals surface area contributed by atoms with E-state index < -0.39 is 0 Å². The summed E-state index contributed by atoms with van der Waals surface area (Å²) in [5, 5.41) is 5.69. The number of ether oxygens (including phenoxy) is 4. The summed E-state index contributed by atoms with van der Waals surface area (Å²) in [7, 11) is 4.83. The van der Waals surface area contributed by atoms with E-state index in [-0.39, 0.29) is 25.2 Å². The molecule has 1 heterocycles. The smallest absolute Gasteiger partial charge is 0.255 e. The minimum Gasteiger partial charge on any atom is -0.494 e. The van der Waals surface area contributed by atoms with Crippen molar-refractivity contribution in [2.24, 2.45) is 0 Å². The predicted octanol–water partition coefficient (Wildman–Crippen LogP) is 3.76. The number of nitrogens with zero attached hydrogens (tertiary/aromatic N) is 1. The average molecular weight is 478 g/mol. The highest BCUT2D eigenvalue weighted by Crippen LogP contribution is 2.37. The van der Waals surface area contributed by atoms with Gasteiger partial charge in [-0.15, -0.1) is 0 Å². The van der Waals surface area contributed by atoms with Crippen molar-refractivity contribution in [1.82, 2.24) is 4.90 Å². The van der Waals surface area contributed by atoms with Gasteiger partial charge in [-0.25, -0.2) is 0 Å². The van der Waals surface area contributed by atoms with Gasteiger partial charge in [0.1, 0.15) is 11.5 Å². The molecular formula is C26H27N3O6. The van der Waals surface area contributed by atoms with E-state index in [1.165, 1.54) is 14.2 Å². The fraction of sp³-hybridized carbons (Fsp3) is 0.231. The number of rotatable bonds is 9. The molecule has 0 radical (unpaired) electrons. The molecular weight excluding hydrogens is 450 g/mol. The summed E-state index contributed by atoms with van der Waals surface area (Å²) in [5.74, 6) is 1.69. The van der Waals surface area contributed by atoms with Gasteiger partial charge < -0.3 is 29.6 Å². The first-order chi connectivity index (χ1) is 17.0. The molecule has 0 saturated carbocycles. The Bertz CT molecular complexity index is 1220. The van der Waals surface area contributed by atoms with E-state index in [1.807, 2.05) is 36.2 Å². The summed E-state index contributed by atoms with van der Waals surface area (Å²) in [6.45, 7) is 0.915. The minimum atomic E-state index is -0.284. The van der Waals surface area contributed by atoms with Gasteiger partial charge in [0, 0.05) is 24.2 Å². The number of likely N-dealkylation sites (N-methyl/N-ethyl adjacent to an activating group) is 1. The molecule has 0 atom stereocenters. The lowest BCUT2D eigenvalue weighted by Gasteiger charge is -2.19. The first-order valence-corrected chi connectivity index (χ1v) is 11.0. The number of methoxy groups -OCH3 is 2. The van der Waals surface area contributed by atoms with Crippen LogP contribution in [0.1, 0.15) is 15.9 Å². The van der Waals surface area contributed by atoms with Crippen molar-refractivity contribution in [1.29, 1.82) is 0 Å². The maximum atomic E-state index is 12.8. The van der Waals surface area contributed by atoms with Crippen LogP contribution in [0, 0.1) is 0 Å². The third-order valence-electron chi connectivity index (χ3n) is 5.38. The predicted molar refractivity (Wildman–Crippen MR) is 131 cm³/mol. The molecule has 0 fully saturated rings. The highest BCUT2D eigenvalue weighted by molar-refractivity contribution is 6.05. The van der Waals surface area contributed by atoms with E-state index in [0.717, 1.165) is 11.3 Å². The van der Waals surface area contributed by atoms with E-state index in [9.17, 15) is 9.59 Å². The van der Waals surface area contributed by atoms with Crippen molar-refractivity contribution in [2.45, 2.75) is 6.54 Å². The molecule has 2 amide bonds. The van der Waals surface area contributed by atoms with E-state index in [1.54, 1.807) is 36.4 Å². The monoisotopic (exact) mass is 477 g/mol. The number of amides is 2. The Hall–Kier alpha value is -4.24. The normalized spacial score (nSPS) is 11.8. The zero-order chi connectivity index (χ0) is 24.8. The van der Waals surface area contributed by atoms with E-state index in [0.29, 0.717) is 40.7 Å². The molecule has 0 unspecified atom stereocenters. The molecule has 0 bridgehead atoms. The molecule has 1 aliphatic rings. The average Bonchev–Trinajstić information content (AvgIpc) is 3.33. The zero-order valence-corrected chi connectivity index (χ0v) is 19.8. The molecule has 2 N–H and O–H groups in total. The Morgan fingerprint density at radius 2 is 1.54 bits per heavy atom. The van der Waals surface area contributed by atoms with Crippen LogP contribution in [-0.2, 0) is 11.3 Å². The van der Waals surface area contributed by atoms with Gasteiger partial charge in [0.25, 0.3) is 5.91 Å². The Kier molecular flexibility index (Phi) is 7.37. The second-order valence-corrected chi connectivity index (χ2v) is 7.98. The van der Waals surface area contributed by atoms with Crippen molar-refractivity contribution in [3.63, 3.8) is 0 Å². The summed E-state index contributed by atoms with van der Waals surface area (Å²) in [6.07, 6.45) is 0. The molecule has 9 heteroatoms. The van der Waals surface area contributed by atoms with Crippen LogP contribution in [0.25, 0.3) is 0 Å². The van der Waals surface area contributed by atoms with Crippen molar-refractivity contribution in [3.05, 3.63) is 71.8 Å². The molecule has 35 heavy (non-hydrogen) atoms. The number of anilines is 2. The van der Waals surface area contributed by atoms with E-state index >= 15 is 0 Å². The lowest BCUT2D eigenvalue weighted by molar-refractivity contribution is -0.117. The highest BCUT2D eigenvalue weighted by Gasteiger charge is 2.18. The first-order valence-electron chi connectivity index (χ1n) is 11.0. The number of benzene rings is 3. The third-order valence-corrected chi connectivity index (χ3v) is 5.38. The van der Waals surface area contributed by atoms with Crippen molar-refractivity contribution in [2.75, 3.05) is 45.2 Å². The highest BCUT2D eigenvalue weighted by atomic mass is 16.7. The molecule has 3 aromatic rings. The molecule has 3 aromatic carbocycles. The van der Waals surface area contributed by atoms with Gasteiger partial charge in [-0.1, -0.05) is 24.3 Å². The van der Waals surface area contributed by atoms with Gasteiger partial charge in [-0.05, 0) is 36.9 Å². The van der Waals surface area contributed by atoms with Gasteiger partial charge in [0.2, 0.25) is 12.7 Å². The molecule has 0 spiro atoms. The number of carbonyl (C=O) groups is 2. The van der Waals surface area contributed by atoms with Crippen LogP contribution in [-0.4, -0.2) is 51.3 Å². The lowest BCUT2D eigenvalue weighted by atomic mass is 10.2. The largest absolute Gasteiger partial charge is 0.494 e. The van der Waals surface area contributed by atoms with Gasteiger partial charge in [-0.3, -0.25) is 14.5 Å². The third kappa shape index (κ3) is 5.82. The Morgan fingerprint density at radius 1 is 0.886 bits per heavy atom. The Balaban J connectivity index is 1.42. The van der Waals surface area contributed by atoms with E-state index in [2.05, 4.69) is 10.6 Å². The molecule has 9 nitrogen and oxygen atoms in total. The maximum absolute atomic E-state index is 12.8. The second-order valence-electron chi connectivity index (χ2n) is 7.98.